The van der Waals surface area contributed by atoms with Crippen LogP contribution < -0.4 is 4.74 Å². The number of phenolic OH excluding ortho intramolecular Hbond substituents is 2. The lowest BCUT2D eigenvalue weighted by molar-refractivity contribution is -0.173. The fourth-order valence-electron chi connectivity index (χ4n) is 7.63. The molecule has 2 fully saturated rings. The molecule has 1 aromatic heterocycles. The molecule has 2 aromatic carbocycles. The molecule has 0 unspecified atom stereocenters. The van der Waals surface area contributed by atoms with Crippen molar-refractivity contribution in [2.75, 3.05) is 13.1 Å². The van der Waals surface area contributed by atoms with Crippen LogP contribution in [0.4, 0.5) is 0 Å². The number of hydrogen-bond donors (Lipinski definition) is 4. The summed E-state index contributed by atoms with van der Waals surface area (Å²) in [6, 6.07) is 9.34. The lowest BCUT2D eigenvalue weighted by Gasteiger charge is -2.62. The maximum Gasteiger partial charge on any atom is 0.166 e. The van der Waals surface area contributed by atoms with E-state index in [-0.39, 0.29) is 17.5 Å². The number of rotatable bonds is 2. The van der Waals surface area contributed by atoms with Gasteiger partial charge in [-0.25, -0.2) is 0 Å². The maximum absolute atomic E-state index is 12.7. The summed E-state index contributed by atoms with van der Waals surface area (Å²) in [7, 11) is 0. The minimum atomic E-state index is -0.996. The first kappa shape index (κ1) is 17.8. The van der Waals surface area contributed by atoms with Gasteiger partial charge in [-0.15, -0.1) is 0 Å². The van der Waals surface area contributed by atoms with Gasteiger partial charge < -0.3 is 25.0 Å². The van der Waals surface area contributed by atoms with Crippen molar-refractivity contribution in [2.45, 2.75) is 55.3 Å². The molecule has 1 spiro atoms. The minimum absolute atomic E-state index is 0.0151. The zero-order valence-corrected chi connectivity index (χ0v) is 17.8. The summed E-state index contributed by atoms with van der Waals surface area (Å²) in [5, 5.41) is 34.9. The van der Waals surface area contributed by atoms with Crippen LogP contribution in [0.2, 0.25) is 0 Å². The zero-order valence-electron chi connectivity index (χ0n) is 17.8. The highest BCUT2D eigenvalue weighted by Crippen LogP contribution is 2.69. The summed E-state index contributed by atoms with van der Waals surface area (Å²) >= 11 is 0. The molecule has 8 rings (SSSR count). The molecule has 1 saturated carbocycles. The molecule has 1 saturated heterocycles. The van der Waals surface area contributed by atoms with Gasteiger partial charge in [-0.3, -0.25) is 4.90 Å². The van der Waals surface area contributed by atoms with Gasteiger partial charge in [-0.1, -0.05) is 18.2 Å². The fraction of sp³-hybridized carbons (Fsp3) is 0.462. The van der Waals surface area contributed by atoms with Crippen molar-refractivity contribution >= 4 is 10.9 Å². The van der Waals surface area contributed by atoms with Crippen molar-refractivity contribution in [3.63, 3.8) is 0 Å². The highest BCUT2D eigenvalue weighted by molar-refractivity contribution is 5.90. The van der Waals surface area contributed by atoms with E-state index in [1.165, 1.54) is 18.4 Å². The van der Waals surface area contributed by atoms with Gasteiger partial charge >= 0.3 is 0 Å². The normalized spacial score (nSPS) is 34.3. The molecule has 6 nitrogen and oxygen atoms in total. The van der Waals surface area contributed by atoms with Gasteiger partial charge in [-0.05, 0) is 61.4 Å². The molecular weight excluding hydrogens is 404 g/mol. The quantitative estimate of drug-likeness (QED) is 0.501. The topological polar surface area (TPSA) is 89.0 Å². The SMILES string of the molecule is Oc1ccc2c3c1O[C@H]1c4[nH]c5c(O)cccc5c4C[C@@]4(O)[C@@H](C2)N(CC2CC2)CC[C@]314. The summed E-state index contributed by atoms with van der Waals surface area (Å²) < 4.78 is 6.56. The van der Waals surface area contributed by atoms with Crippen LogP contribution in [-0.2, 0) is 18.3 Å². The van der Waals surface area contributed by atoms with Crippen molar-refractivity contribution in [1.29, 1.82) is 0 Å². The Morgan fingerprint density at radius 3 is 2.84 bits per heavy atom. The van der Waals surface area contributed by atoms with E-state index in [2.05, 4.69) is 9.88 Å². The van der Waals surface area contributed by atoms with Gasteiger partial charge in [0.05, 0.1) is 22.2 Å². The van der Waals surface area contributed by atoms with E-state index in [4.69, 9.17) is 4.74 Å². The summed E-state index contributed by atoms with van der Waals surface area (Å²) in [4.78, 5) is 5.99. The number of ether oxygens (including phenoxy) is 1. The zero-order chi connectivity index (χ0) is 21.4. The molecule has 0 amide bonds. The molecule has 2 bridgehead atoms. The van der Waals surface area contributed by atoms with Crippen molar-refractivity contribution < 1.29 is 20.1 Å². The van der Waals surface area contributed by atoms with Gasteiger partial charge in [0, 0.05) is 30.0 Å². The van der Waals surface area contributed by atoms with Crippen LogP contribution in [-0.4, -0.2) is 49.9 Å². The molecular formula is C26H26N2O4. The average molecular weight is 431 g/mol. The van der Waals surface area contributed by atoms with Crippen molar-refractivity contribution in [3.05, 3.63) is 52.7 Å². The number of nitrogens with zero attached hydrogens (tertiary/aromatic N) is 1. The molecule has 32 heavy (non-hydrogen) atoms. The van der Waals surface area contributed by atoms with E-state index in [0.717, 1.165) is 54.1 Å². The maximum atomic E-state index is 12.7. The van der Waals surface area contributed by atoms with E-state index in [1.54, 1.807) is 12.1 Å². The van der Waals surface area contributed by atoms with Crippen molar-refractivity contribution in [1.82, 2.24) is 9.88 Å². The Morgan fingerprint density at radius 1 is 1.12 bits per heavy atom. The third kappa shape index (κ3) is 1.84. The number of aromatic amines is 1. The second-order valence-electron chi connectivity index (χ2n) is 10.6. The summed E-state index contributed by atoms with van der Waals surface area (Å²) in [5.41, 5.74) is 3.29. The molecule has 5 aliphatic rings. The Kier molecular flexibility index (Phi) is 3.02. The number of aromatic hydroxyl groups is 2. The first-order valence-corrected chi connectivity index (χ1v) is 11.8. The van der Waals surface area contributed by atoms with Crippen LogP contribution in [0, 0.1) is 5.92 Å². The third-order valence-corrected chi connectivity index (χ3v) is 9.17. The first-order chi connectivity index (χ1) is 15.5. The van der Waals surface area contributed by atoms with E-state index < -0.39 is 17.1 Å². The number of benzene rings is 2. The number of para-hydroxylation sites is 1. The summed E-state index contributed by atoms with van der Waals surface area (Å²) in [6.45, 7) is 1.98. The number of fused-ring (bicyclic) bond motifs is 4. The van der Waals surface area contributed by atoms with Crippen LogP contribution in [0.1, 0.15) is 47.8 Å². The number of hydrogen-bond acceptors (Lipinski definition) is 5. The van der Waals surface area contributed by atoms with Crippen LogP contribution in [0.3, 0.4) is 0 Å². The van der Waals surface area contributed by atoms with Crippen LogP contribution in [0.15, 0.2) is 30.3 Å². The predicted octanol–water partition coefficient (Wildman–Crippen LogP) is 3.28. The van der Waals surface area contributed by atoms with E-state index in [0.29, 0.717) is 17.7 Å². The Bertz CT molecular complexity index is 1330. The third-order valence-electron chi connectivity index (χ3n) is 9.17. The predicted molar refractivity (Wildman–Crippen MR) is 118 cm³/mol. The van der Waals surface area contributed by atoms with Crippen LogP contribution >= 0.6 is 0 Å². The second-order valence-corrected chi connectivity index (χ2v) is 10.6. The van der Waals surface area contributed by atoms with Gasteiger partial charge in [0.2, 0.25) is 0 Å². The molecule has 3 heterocycles. The van der Waals surface area contributed by atoms with Gasteiger partial charge in [0.25, 0.3) is 0 Å². The monoisotopic (exact) mass is 430 g/mol. The standard InChI is InChI=1S/C26H26N2O4/c29-17-3-1-2-15-16-11-26(31)19-10-14-6-7-18(30)23-20(14)25(26,8-9-28(19)12-13-4-5-13)24(32-23)22(16)27-21(15)17/h1-3,6-7,13,19,24,27,29-31H,4-5,8-12H2/t19-,24+,25+,26-/m1/s1. The Labute approximate surface area is 185 Å². The molecule has 3 aliphatic carbocycles. The van der Waals surface area contributed by atoms with Gasteiger partial charge in [0.15, 0.2) is 17.6 Å². The van der Waals surface area contributed by atoms with Crippen LogP contribution in [0.5, 0.6) is 17.2 Å². The number of phenols is 2. The van der Waals surface area contributed by atoms with Crippen LogP contribution in [0.25, 0.3) is 10.9 Å². The molecule has 6 heteroatoms. The number of aromatic nitrogens is 1. The fourth-order valence-corrected chi connectivity index (χ4v) is 7.63. The first-order valence-electron chi connectivity index (χ1n) is 11.8. The smallest absolute Gasteiger partial charge is 0.166 e. The number of H-pyrrole nitrogens is 1. The minimum Gasteiger partial charge on any atom is -0.506 e. The Hall–Kier alpha value is -2.70. The highest BCUT2D eigenvalue weighted by Gasteiger charge is 2.72. The number of aliphatic hydroxyl groups is 1. The van der Waals surface area contributed by atoms with Crippen molar-refractivity contribution in [3.8, 4) is 17.2 Å². The molecule has 4 atom stereocenters. The Morgan fingerprint density at radius 2 is 2.00 bits per heavy atom. The van der Waals surface area contributed by atoms with E-state index >= 15 is 0 Å². The summed E-state index contributed by atoms with van der Waals surface area (Å²) in [6.07, 6.45) is 4.26. The average Bonchev–Trinajstić information content (AvgIpc) is 3.40. The molecule has 4 N–H and O–H groups in total. The number of nitrogens with one attached hydrogen (secondary N) is 1. The van der Waals surface area contributed by atoms with Crippen molar-refractivity contribution in [2.24, 2.45) is 5.92 Å². The molecule has 3 aromatic rings. The molecule has 2 aliphatic heterocycles. The largest absolute Gasteiger partial charge is 0.506 e. The lowest BCUT2D eigenvalue weighted by Crippen LogP contribution is -2.74. The number of piperidine rings is 1. The van der Waals surface area contributed by atoms with E-state index in [1.807, 2.05) is 18.2 Å². The Balaban J connectivity index is 1.43. The van der Waals surface area contributed by atoms with Gasteiger partial charge in [0.1, 0.15) is 5.75 Å². The lowest BCUT2D eigenvalue weighted by atomic mass is 9.49. The van der Waals surface area contributed by atoms with E-state index in [9.17, 15) is 15.3 Å². The number of likely N-dealkylation sites (tertiary alicyclic amines) is 1. The second kappa shape index (κ2) is 5.43. The van der Waals surface area contributed by atoms with Gasteiger partial charge in [-0.2, -0.15) is 0 Å². The molecule has 0 radical (unpaired) electrons. The molecule has 164 valence electrons. The summed E-state index contributed by atoms with van der Waals surface area (Å²) in [5.74, 6) is 1.65. The highest BCUT2D eigenvalue weighted by atomic mass is 16.5.